The van der Waals surface area contributed by atoms with Crippen molar-refractivity contribution in [2.24, 2.45) is 0 Å². The van der Waals surface area contributed by atoms with E-state index in [-0.39, 0.29) is 11.3 Å². The summed E-state index contributed by atoms with van der Waals surface area (Å²) in [4.78, 5) is 12.1. The van der Waals surface area contributed by atoms with Crippen LogP contribution in [0.2, 0.25) is 5.28 Å². The summed E-state index contributed by atoms with van der Waals surface area (Å²) in [7, 11) is 0. The number of nitrogens with one attached hydrogen (secondary N) is 1. The zero-order valence-corrected chi connectivity index (χ0v) is 14.5. The lowest BCUT2D eigenvalue weighted by molar-refractivity contribution is 0.292. The first-order chi connectivity index (χ1) is 9.58. The zero-order valence-electron chi connectivity index (χ0n) is 10.5. The maximum atomic E-state index is 5.86. The van der Waals surface area contributed by atoms with Crippen LogP contribution in [0.5, 0.6) is 6.01 Å². The minimum Gasteiger partial charge on any atom is -0.463 e. The van der Waals surface area contributed by atoms with Gasteiger partial charge in [0, 0.05) is 8.95 Å². The van der Waals surface area contributed by atoms with Crippen LogP contribution in [0.3, 0.4) is 0 Å². The van der Waals surface area contributed by atoms with E-state index in [1.165, 1.54) is 0 Å². The van der Waals surface area contributed by atoms with Gasteiger partial charge in [0.1, 0.15) is 0 Å². The molecule has 0 amide bonds. The molecule has 0 spiro atoms. The smallest absolute Gasteiger partial charge is 0.322 e. The molecule has 0 atom stereocenters. The molecule has 0 radical (unpaired) electrons. The van der Waals surface area contributed by atoms with E-state index in [1.807, 2.05) is 25.1 Å². The van der Waals surface area contributed by atoms with Crippen LogP contribution in [-0.4, -0.2) is 21.6 Å². The second-order valence-corrected chi connectivity index (χ2v) is 5.92. The predicted molar refractivity (Wildman–Crippen MR) is 85.7 cm³/mol. The summed E-state index contributed by atoms with van der Waals surface area (Å²) in [5, 5.41) is 3.15. The number of nitrogens with zero attached hydrogens (tertiary/aromatic N) is 3. The fraction of sp³-hybridized carbons (Fsp3) is 0.250. The highest BCUT2D eigenvalue weighted by atomic mass is 79.9. The van der Waals surface area contributed by atoms with Gasteiger partial charge in [-0.15, -0.1) is 0 Å². The van der Waals surface area contributed by atoms with E-state index >= 15 is 0 Å². The van der Waals surface area contributed by atoms with E-state index in [0.29, 0.717) is 12.6 Å². The third kappa shape index (κ3) is 4.29. The molecule has 8 heteroatoms. The lowest BCUT2D eigenvalue weighted by Crippen LogP contribution is -2.05. The summed E-state index contributed by atoms with van der Waals surface area (Å²) in [5.41, 5.74) is 0.808. The van der Waals surface area contributed by atoms with Crippen LogP contribution in [0.15, 0.2) is 27.1 Å². The molecule has 106 valence electrons. The van der Waals surface area contributed by atoms with Gasteiger partial charge in [0.25, 0.3) is 0 Å². The van der Waals surface area contributed by atoms with Gasteiger partial charge in [-0.1, -0.05) is 22.9 Å². The monoisotopic (exact) mass is 420 g/mol. The van der Waals surface area contributed by atoms with Gasteiger partial charge in [-0.3, -0.25) is 0 Å². The predicted octanol–water partition coefficient (Wildman–Crippen LogP) is 4.58. The summed E-state index contributed by atoms with van der Waals surface area (Å²) >= 11 is 12.7. The number of ether oxygens (including phenoxy) is 1. The molecular weight excluding hydrogens is 411 g/mol. The van der Waals surface area contributed by atoms with E-state index in [0.717, 1.165) is 21.1 Å². The van der Waals surface area contributed by atoms with Crippen LogP contribution in [0.1, 0.15) is 13.3 Å². The number of benzene rings is 1. The standard InChI is InChI=1S/C12H11Br2ClN4O/c1-2-5-20-12-18-10(15)17-11(19-12)16-9-6-7(13)3-4-8(9)14/h3-4,6H,2,5H2,1H3,(H,16,17,18,19). The van der Waals surface area contributed by atoms with Gasteiger partial charge in [0.15, 0.2) is 0 Å². The van der Waals surface area contributed by atoms with Crippen molar-refractivity contribution in [3.8, 4) is 6.01 Å². The Hall–Kier alpha value is -0.920. The fourth-order valence-electron chi connectivity index (χ4n) is 1.36. The van der Waals surface area contributed by atoms with Crippen LogP contribution >= 0.6 is 43.5 Å². The Morgan fingerprint density at radius 1 is 1.25 bits per heavy atom. The first-order valence-electron chi connectivity index (χ1n) is 5.85. The fourth-order valence-corrected chi connectivity index (χ4v) is 2.22. The summed E-state index contributed by atoms with van der Waals surface area (Å²) in [6.07, 6.45) is 0.864. The van der Waals surface area contributed by atoms with Crippen molar-refractivity contribution in [3.05, 3.63) is 32.4 Å². The van der Waals surface area contributed by atoms with Crippen molar-refractivity contribution < 1.29 is 4.74 Å². The molecule has 1 aromatic carbocycles. The largest absolute Gasteiger partial charge is 0.463 e. The first-order valence-corrected chi connectivity index (χ1v) is 7.81. The molecule has 2 rings (SSSR count). The van der Waals surface area contributed by atoms with E-state index in [2.05, 4.69) is 52.1 Å². The van der Waals surface area contributed by atoms with Gasteiger partial charge in [-0.2, -0.15) is 15.0 Å². The van der Waals surface area contributed by atoms with Crippen molar-refractivity contribution >= 4 is 55.1 Å². The zero-order chi connectivity index (χ0) is 14.5. The lowest BCUT2D eigenvalue weighted by Gasteiger charge is -2.09. The highest BCUT2D eigenvalue weighted by Crippen LogP contribution is 2.28. The van der Waals surface area contributed by atoms with E-state index in [9.17, 15) is 0 Å². The van der Waals surface area contributed by atoms with Crippen LogP contribution < -0.4 is 10.1 Å². The average Bonchev–Trinajstić information content (AvgIpc) is 2.40. The second-order valence-electron chi connectivity index (χ2n) is 3.81. The Kier molecular flexibility index (Phi) is 5.56. The Balaban J connectivity index is 2.24. The minimum atomic E-state index is 0.0831. The number of hydrogen-bond donors (Lipinski definition) is 1. The SMILES string of the molecule is CCCOc1nc(Cl)nc(Nc2cc(Br)ccc2Br)n1. The van der Waals surface area contributed by atoms with Crippen LogP contribution in [0, 0.1) is 0 Å². The third-order valence-corrected chi connectivity index (χ3v) is 3.55. The number of halogens is 3. The molecule has 0 aliphatic carbocycles. The van der Waals surface area contributed by atoms with E-state index in [1.54, 1.807) is 0 Å². The molecule has 5 nitrogen and oxygen atoms in total. The Morgan fingerprint density at radius 3 is 2.80 bits per heavy atom. The molecule has 2 aromatic rings. The molecule has 0 bridgehead atoms. The summed E-state index contributed by atoms with van der Waals surface area (Å²) in [6.45, 7) is 2.53. The summed E-state index contributed by atoms with van der Waals surface area (Å²) in [6, 6.07) is 5.93. The van der Waals surface area contributed by atoms with E-state index < -0.39 is 0 Å². The van der Waals surface area contributed by atoms with Gasteiger partial charge in [-0.05, 0) is 52.2 Å². The molecule has 0 aliphatic heterocycles. The highest BCUT2D eigenvalue weighted by molar-refractivity contribution is 9.11. The Morgan fingerprint density at radius 2 is 2.05 bits per heavy atom. The lowest BCUT2D eigenvalue weighted by atomic mass is 10.3. The number of rotatable bonds is 5. The van der Waals surface area contributed by atoms with Crippen molar-refractivity contribution in [3.63, 3.8) is 0 Å². The van der Waals surface area contributed by atoms with Crippen molar-refractivity contribution in [1.82, 2.24) is 15.0 Å². The average molecular weight is 423 g/mol. The summed E-state index contributed by atoms with van der Waals surface area (Å²) < 4.78 is 7.18. The topological polar surface area (TPSA) is 59.9 Å². The Bertz CT molecular complexity index is 612. The maximum absolute atomic E-state index is 5.86. The van der Waals surface area contributed by atoms with Gasteiger partial charge >= 0.3 is 6.01 Å². The molecule has 1 heterocycles. The molecule has 0 saturated carbocycles. The summed E-state index contributed by atoms with van der Waals surface area (Å²) in [5.74, 6) is 0.329. The highest BCUT2D eigenvalue weighted by Gasteiger charge is 2.08. The molecule has 20 heavy (non-hydrogen) atoms. The van der Waals surface area contributed by atoms with Gasteiger partial charge in [0.2, 0.25) is 11.2 Å². The van der Waals surface area contributed by atoms with Crippen molar-refractivity contribution in [1.29, 1.82) is 0 Å². The second kappa shape index (κ2) is 7.19. The van der Waals surface area contributed by atoms with Crippen molar-refractivity contribution in [2.45, 2.75) is 13.3 Å². The first kappa shape index (κ1) is 15.5. The van der Waals surface area contributed by atoms with Gasteiger partial charge in [0.05, 0.1) is 12.3 Å². The molecule has 0 unspecified atom stereocenters. The molecule has 1 N–H and O–H groups in total. The van der Waals surface area contributed by atoms with Gasteiger partial charge < -0.3 is 10.1 Å². The third-order valence-electron chi connectivity index (χ3n) is 2.20. The van der Waals surface area contributed by atoms with Crippen LogP contribution in [0.25, 0.3) is 0 Å². The van der Waals surface area contributed by atoms with Crippen molar-refractivity contribution in [2.75, 3.05) is 11.9 Å². The van der Waals surface area contributed by atoms with E-state index in [4.69, 9.17) is 16.3 Å². The Labute approximate surface area is 138 Å². The quantitative estimate of drug-likeness (QED) is 0.764. The van der Waals surface area contributed by atoms with Crippen LogP contribution in [0.4, 0.5) is 11.6 Å². The molecule has 1 aromatic heterocycles. The number of aromatic nitrogens is 3. The van der Waals surface area contributed by atoms with Crippen LogP contribution in [-0.2, 0) is 0 Å². The van der Waals surface area contributed by atoms with Gasteiger partial charge in [-0.25, -0.2) is 0 Å². The number of hydrogen-bond acceptors (Lipinski definition) is 5. The molecule has 0 saturated heterocycles. The normalized spacial score (nSPS) is 10.4. The molecule has 0 aliphatic rings. The molecular formula is C12H11Br2ClN4O. The molecule has 0 fully saturated rings. The maximum Gasteiger partial charge on any atom is 0.322 e. The number of anilines is 2. The minimum absolute atomic E-state index is 0.0831.